The van der Waals surface area contributed by atoms with Gasteiger partial charge in [0.15, 0.2) is 0 Å². The zero-order valence-corrected chi connectivity index (χ0v) is 12.5. The Morgan fingerprint density at radius 3 is 2.81 bits per heavy atom. The Balaban J connectivity index is 2.12. The Morgan fingerprint density at radius 1 is 1.38 bits per heavy atom. The van der Waals surface area contributed by atoms with Crippen molar-refractivity contribution in [2.24, 2.45) is 0 Å². The third-order valence-corrected chi connectivity index (χ3v) is 3.51. The minimum absolute atomic E-state index is 0.152. The molecule has 2 rings (SSSR count). The van der Waals surface area contributed by atoms with Crippen LogP contribution in [0.5, 0.6) is 0 Å². The number of amides is 1. The van der Waals surface area contributed by atoms with Crippen molar-refractivity contribution in [3.8, 4) is 11.3 Å². The third kappa shape index (κ3) is 3.39. The number of nitrogen functional groups attached to an aromatic ring is 1. The first-order valence-corrected chi connectivity index (χ1v) is 7.16. The fourth-order valence-electron chi connectivity index (χ4n) is 2.31. The highest BCUT2D eigenvalue weighted by Gasteiger charge is 2.12. The van der Waals surface area contributed by atoms with Gasteiger partial charge in [-0.25, -0.2) is 9.97 Å². The van der Waals surface area contributed by atoms with Crippen LogP contribution in [0.1, 0.15) is 20.3 Å². The number of hydrogen-bond donors (Lipinski definition) is 1. The Kier molecular flexibility index (Phi) is 4.92. The molecule has 1 amide bonds. The monoisotopic (exact) mass is 287 g/mol. The van der Waals surface area contributed by atoms with Gasteiger partial charge in [-0.05, 0) is 26.0 Å². The van der Waals surface area contributed by atoms with E-state index >= 15 is 0 Å². The number of nitrogens with two attached hydrogens (primary N) is 1. The van der Waals surface area contributed by atoms with Crippen LogP contribution in [0.25, 0.3) is 11.3 Å². The molecule has 0 fully saturated rings. The lowest BCUT2D eigenvalue weighted by molar-refractivity contribution is -0.131. The van der Waals surface area contributed by atoms with Crippen molar-refractivity contribution in [1.29, 1.82) is 0 Å². The molecule has 0 radical (unpaired) electrons. The minimum atomic E-state index is 0.152. The molecule has 0 saturated carbocycles. The molecular weight excluding hydrogens is 266 g/mol. The van der Waals surface area contributed by atoms with E-state index in [9.17, 15) is 4.79 Å². The zero-order valence-electron chi connectivity index (χ0n) is 12.5. The van der Waals surface area contributed by atoms with Crippen molar-refractivity contribution in [3.05, 3.63) is 30.9 Å². The topological polar surface area (TPSA) is 77.0 Å². The molecule has 0 aliphatic heterocycles. The summed E-state index contributed by atoms with van der Waals surface area (Å²) >= 11 is 0. The van der Waals surface area contributed by atoms with Crippen LogP contribution in [-0.2, 0) is 11.3 Å². The average molecular weight is 287 g/mol. The first kappa shape index (κ1) is 15.0. The highest BCUT2D eigenvalue weighted by molar-refractivity contribution is 5.76. The van der Waals surface area contributed by atoms with Gasteiger partial charge in [0.1, 0.15) is 5.82 Å². The molecular formula is C15H21N5O. The molecule has 112 valence electrons. The molecule has 2 heterocycles. The van der Waals surface area contributed by atoms with Gasteiger partial charge >= 0.3 is 0 Å². The number of rotatable bonds is 6. The van der Waals surface area contributed by atoms with Crippen molar-refractivity contribution < 1.29 is 4.79 Å². The van der Waals surface area contributed by atoms with Crippen molar-refractivity contribution in [2.75, 3.05) is 18.8 Å². The quantitative estimate of drug-likeness (QED) is 0.878. The molecule has 0 aliphatic rings. The molecule has 0 saturated heterocycles. The predicted molar refractivity (Wildman–Crippen MR) is 82.4 cm³/mol. The van der Waals surface area contributed by atoms with Crippen LogP contribution >= 0.6 is 0 Å². The van der Waals surface area contributed by atoms with E-state index in [0.717, 1.165) is 24.3 Å². The summed E-state index contributed by atoms with van der Waals surface area (Å²) in [4.78, 5) is 22.1. The van der Waals surface area contributed by atoms with Gasteiger partial charge < -0.3 is 15.2 Å². The largest absolute Gasteiger partial charge is 0.383 e. The summed E-state index contributed by atoms with van der Waals surface area (Å²) in [6.45, 7) is 6.03. The van der Waals surface area contributed by atoms with Crippen LogP contribution in [-0.4, -0.2) is 38.4 Å². The van der Waals surface area contributed by atoms with Gasteiger partial charge in [0.25, 0.3) is 0 Å². The van der Waals surface area contributed by atoms with Crippen LogP contribution < -0.4 is 5.73 Å². The summed E-state index contributed by atoms with van der Waals surface area (Å²) in [6, 6.07) is 3.74. The first-order valence-electron chi connectivity index (χ1n) is 7.16. The lowest BCUT2D eigenvalue weighted by atomic mass is 10.2. The first-order chi connectivity index (χ1) is 10.2. The van der Waals surface area contributed by atoms with Crippen LogP contribution in [0.2, 0.25) is 0 Å². The fraction of sp³-hybridized carbons (Fsp3) is 0.400. The van der Waals surface area contributed by atoms with E-state index in [2.05, 4.69) is 9.97 Å². The molecule has 2 aromatic heterocycles. The standard InChI is InChI=1S/C15H21N5O/c1-3-19(4-2)14(21)7-9-20-11-17-10-13(20)12-6-5-8-18-15(12)16/h5-6,8,10-11H,3-4,7,9H2,1-2H3,(H2,16,18). The van der Waals surface area contributed by atoms with E-state index in [-0.39, 0.29) is 5.91 Å². The third-order valence-electron chi connectivity index (χ3n) is 3.51. The molecule has 0 atom stereocenters. The number of aromatic nitrogens is 3. The number of hydrogen-bond acceptors (Lipinski definition) is 4. The number of aryl methyl sites for hydroxylation is 1. The van der Waals surface area contributed by atoms with Crippen molar-refractivity contribution in [2.45, 2.75) is 26.8 Å². The Bertz CT molecular complexity index is 604. The Labute approximate surface area is 124 Å². The molecule has 2 N–H and O–H groups in total. The van der Waals surface area contributed by atoms with Gasteiger partial charge in [-0.1, -0.05) is 0 Å². The van der Waals surface area contributed by atoms with Gasteiger partial charge in [-0.15, -0.1) is 0 Å². The second-order valence-electron chi connectivity index (χ2n) is 4.72. The SMILES string of the molecule is CCN(CC)C(=O)CCn1cncc1-c1cccnc1N. The van der Waals surface area contributed by atoms with E-state index in [1.165, 1.54) is 0 Å². The van der Waals surface area contributed by atoms with E-state index in [1.54, 1.807) is 18.7 Å². The van der Waals surface area contributed by atoms with Crippen LogP contribution in [0, 0.1) is 0 Å². The van der Waals surface area contributed by atoms with E-state index < -0.39 is 0 Å². The molecule has 0 aliphatic carbocycles. The summed E-state index contributed by atoms with van der Waals surface area (Å²) in [5.74, 6) is 0.619. The van der Waals surface area contributed by atoms with Gasteiger partial charge in [0, 0.05) is 37.8 Å². The molecule has 6 nitrogen and oxygen atoms in total. The molecule has 21 heavy (non-hydrogen) atoms. The summed E-state index contributed by atoms with van der Waals surface area (Å²) in [7, 11) is 0. The lowest BCUT2D eigenvalue weighted by Gasteiger charge is -2.19. The van der Waals surface area contributed by atoms with Gasteiger partial charge in [0.2, 0.25) is 5.91 Å². The van der Waals surface area contributed by atoms with Gasteiger partial charge in [-0.3, -0.25) is 4.79 Å². The van der Waals surface area contributed by atoms with Crippen molar-refractivity contribution >= 4 is 11.7 Å². The normalized spacial score (nSPS) is 10.6. The average Bonchev–Trinajstić information content (AvgIpc) is 2.95. The molecule has 2 aromatic rings. The Hall–Kier alpha value is -2.37. The van der Waals surface area contributed by atoms with E-state index in [0.29, 0.717) is 18.8 Å². The summed E-state index contributed by atoms with van der Waals surface area (Å²) in [5.41, 5.74) is 7.62. The minimum Gasteiger partial charge on any atom is -0.383 e. The number of imidazole rings is 1. The number of carbonyl (C=O) groups excluding carboxylic acids is 1. The molecule has 0 aromatic carbocycles. The Morgan fingerprint density at radius 2 is 2.14 bits per heavy atom. The second-order valence-corrected chi connectivity index (χ2v) is 4.72. The highest BCUT2D eigenvalue weighted by Crippen LogP contribution is 2.23. The maximum Gasteiger partial charge on any atom is 0.224 e. The van der Waals surface area contributed by atoms with Crippen molar-refractivity contribution in [3.63, 3.8) is 0 Å². The molecule has 0 unspecified atom stereocenters. The number of anilines is 1. The molecule has 6 heteroatoms. The van der Waals surface area contributed by atoms with Crippen LogP contribution in [0.4, 0.5) is 5.82 Å². The van der Waals surface area contributed by atoms with Crippen molar-refractivity contribution in [1.82, 2.24) is 19.4 Å². The maximum atomic E-state index is 12.1. The molecule has 0 spiro atoms. The molecule has 0 bridgehead atoms. The van der Waals surface area contributed by atoms with Crippen LogP contribution in [0.3, 0.4) is 0 Å². The highest BCUT2D eigenvalue weighted by atomic mass is 16.2. The van der Waals surface area contributed by atoms with Crippen LogP contribution in [0.15, 0.2) is 30.9 Å². The number of carbonyl (C=O) groups is 1. The maximum absolute atomic E-state index is 12.1. The summed E-state index contributed by atoms with van der Waals surface area (Å²) in [6.07, 6.45) is 5.57. The summed E-state index contributed by atoms with van der Waals surface area (Å²) < 4.78 is 1.94. The number of pyridine rings is 1. The van der Waals surface area contributed by atoms with E-state index in [1.807, 2.05) is 35.4 Å². The lowest BCUT2D eigenvalue weighted by Crippen LogP contribution is -2.31. The van der Waals surface area contributed by atoms with Gasteiger partial charge in [0.05, 0.1) is 18.2 Å². The fourth-order valence-corrected chi connectivity index (χ4v) is 2.31. The smallest absolute Gasteiger partial charge is 0.224 e. The van der Waals surface area contributed by atoms with Gasteiger partial charge in [-0.2, -0.15) is 0 Å². The predicted octanol–water partition coefficient (Wildman–Crippen LogP) is 1.79. The summed E-state index contributed by atoms with van der Waals surface area (Å²) in [5, 5.41) is 0. The zero-order chi connectivity index (χ0) is 15.2. The second kappa shape index (κ2) is 6.88. The number of nitrogens with zero attached hydrogens (tertiary/aromatic N) is 4. The van der Waals surface area contributed by atoms with E-state index in [4.69, 9.17) is 5.73 Å².